The van der Waals surface area contributed by atoms with Crippen LogP contribution in [0.1, 0.15) is 17.8 Å². The normalized spacial score (nSPS) is 10.7. The van der Waals surface area contributed by atoms with Crippen molar-refractivity contribution >= 4 is 17.3 Å². The molecular formula is C7H5ClF2N2O3. The summed E-state index contributed by atoms with van der Waals surface area (Å²) in [6.45, 7) is -0.823. The maximum atomic E-state index is 12.2. The molecule has 0 aliphatic carbocycles. The first-order valence-corrected chi connectivity index (χ1v) is 4.08. The van der Waals surface area contributed by atoms with Gasteiger partial charge in [-0.05, 0) is 6.07 Å². The van der Waals surface area contributed by atoms with Gasteiger partial charge in [0.2, 0.25) is 0 Å². The number of halogens is 3. The molecular weight excluding hydrogens is 234 g/mol. The number of alkyl halides is 2. The van der Waals surface area contributed by atoms with Crippen molar-refractivity contribution in [2.24, 2.45) is 0 Å². The zero-order chi connectivity index (χ0) is 11.6. The number of aliphatic hydroxyl groups excluding tert-OH is 1. The molecule has 1 heterocycles. The van der Waals surface area contributed by atoms with Gasteiger partial charge in [0, 0.05) is 0 Å². The summed E-state index contributed by atoms with van der Waals surface area (Å²) in [6, 6.07) is 0.712. The zero-order valence-corrected chi connectivity index (χ0v) is 7.91. The van der Waals surface area contributed by atoms with Crippen molar-refractivity contribution in [1.82, 2.24) is 4.98 Å². The van der Waals surface area contributed by atoms with Gasteiger partial charge in [0.1, 0.15) is 16.4 Å². The minimum absolute atomic E-state index is 0.464. The van der Waals surface area contributed by atoms with Crippen molar-refractivity contribution in [3.8, 4) is 0 Å². The summed E-state index contributed by atoms with van der Waals surface area (Å²) in [5.41, 5.74) is -1.82. The van der Waals surface area contributed by atoms with Gasteiger partial charge in [0.05, 0.1) is 11.5 Å². The molecule has 5 nitrogen and oxygen atoms in total. The molecule has 1 aromatic rings. The summed E-state index contributed by atoms with van der Waals surface area (Å²) >= 11 is 5.43. The average Bonchev–Trinajstić information content (AvgIpc) is 2.15. The Hall–Kier alpha value is -1.34. The lowest BCUT2D eigenvalue weighted by molar-refractivity contribution is -0.386. The van der Waals surface area contributed by atoms with Crippen molar-refractivity contribution in [3.63, 3.8) is 0 Å². The molecule has 0 radical (unpaired) electrons. The Bertz CT molecular complexity index is 400. The lowest BCUT2D eigenvalue weighted by Crippen LogP contribution is -2.03. The molecule has 1 rings (SSSR count). The summed E-state index contributed by atoms with van der Waals surface area (Å²) in [5.74, 6) is 0. The second-order valence-corrected chi connectivity index (χ2v) is 2.95. The molecule has 0 unspecified atom stereocenters. The highest BCUT2D eigenvalue weighted by Gasteiger charge is 2.23. The van der Waals surface area contributed by atoms with E-state index in [1.165, 1.54) is 0 Å². The number of pyridine rings is 1. The number of nitro groups is 1. The van der Waals surface area contributed by atoms with Crippen LogP contribution in [0, 0.1) is 10.1 Å². The van der Waals surface area contributed by atoms with E-state index in [0.29, 0.717) is 6.07 Å². The Morgan fingerprint density at radius 1 is 1.67 bits per heavy atom. The highest BCUT2D eigenvalue weighted by molar-refractivity contribution is 6.32. The van der Waals surface area contributed by atoms with Gasteiger partial charge >= 0.3 is 5.69 Å². The Balaban J connectivity index is 3.37. The lowest BCUT2D eigenvalue weighted by Gasteiger charge is -2.04. The predicted molar refractivity (Wildman–Crippen MR) is 46.8 cm³/mol. The Labute approximate surface area is 87.5 Å². The van der Waals surface area contributed by atoms with Crippen molar-refractivity contribution in [3.05, 3.63) is 32.6 Å². The molecule has 0 amide bonds. The molecule has 82 valence electrons. The van der Waals surface area contributed by atoms with Crippen LogP contribution < -0.4 is 0 Å². The molecule has 0 fully saturated rings. The third kappa shape index (κ3) is 2.37. The van der Waals surface area contributed by atoms with E-state index in [-0.39, 0.29) is 0 Å². The van der Waals surface area contributed by atoms with Gasteiger partial charge in [-0.25, -0.2) is 13.8 Å². The van der Waals surface area contributed by atoms with Gasteiger partial charge < -0.3 is 5.11 Å². The standard InChI is InChI=1S/C7H5ClF2N2O3/c8-3-1-4(7(9)10)11-5(2-13)6(3)12(14)15/h1,7,13H,2H2. The molecule has 0 atom stereocenters. The van der Waals surface area contributed by atoms with Gasteiger partial charge in [-0.1, -0.05) is 11.6 Å². The van der Waals surface area contributed by atoms with Crippen LogP contribution >= 0.6 is 11.6 Å². The fourth-order valence-corrected chi connectivity index (χ4v) is 1.28. The van der Waals surface area contributed by atoms with Crippen LogP contribution in [0.15, 0.2) is 6.07 Å². The van der Waals surface area contributed by atoms with Gasteiger partial charge in [0.15, 0.2) is 0 Å². The quantitative estimate of drug-likeness (QED) is 0.646. The van der Waals surface area contributed by atoms with Gasteiger partial charge in [0.25, 0.3) is 6.43 Å². The number of aromatic nitrogens is 1. The summed E-state index contributed by atoms with van der Waals surface area (Å²) in [5, 5.41) is 18.7. The van der Waals surface area contributed by atoms with E-state index in [0.717, 1.165) is 0 Å². The maximum absolute atomic E-state index is 12.2. The molecule has 0 aliphatic rings. The lowest BCUT2D eigenvalue weighted by atomic mass is 10.2. The molecule has 8 heteroatoms. The first kappa shape index (κ1) is 11.7. The van der Waals surface area contributed by atoms with E-state index in [1.807, 2.05) is 0 Å². The molecule has 0 aromatic carbocycles. The monoisotopic (exact) mass is 238 g/mol. The molecule has 1 aromatic heterocycles. The number of nitrogens with zero attached hydrogens (tertiary/aromatic N) is 2. The average molecular weight is 239 g/mol. The van der Waals surface area contributed by atoms with Crippen molar-refractivity contribution in [2.75, 3.05) is 0 Å². The number of rotatable bonds is 3. The SMILES string of the molecule is O=[N+]([O-])c1c(Cl)cc(C(F)F)nc1CO. The van der Waals surface area contributed by atoms with Crippen LogP contribution in [0.3, 0.4) is 0 Å². The second-order valence-electron chi connectivity index (χ2n) is 2.54. The van der Waals surface area contributed by atoms with E-state index < -0.39 is 40.1 Å². The first-order valence-electron chi connectivity index (χ1n) is 3.70. The Kier molecular flexibility index (Phi) is 3.48. The topological polar surface area (TPSA) is 76.3 Å². The molecule has 0 aliphatic heterocycles. The van der Waals surface area contributed by atoms with Gasteiger partial charge in [-0.3, -0.25) is 10.1 Å². The van der Waals surface area contributed by atoms with E-state index in [2.05, 4.69) is 4.98 Å². The smallest absolute Gasteiger partial charge is 0.311 e. The third-order valence-corrected chi connectivity index (χ3v) is 1.88. The highest BCUT2D eigenvalue weighted by Crippen LogP contribution is 2.31. The number of hydrogen-bond donors (Lipinski definition) is 1. The van der Waals surface area contributed by atoms with E-state index in [1.54, 1.807) is 0 Å². The highest BCUT2D eigenvalue weighted by atomic mass is 35.5. The number of aliphatic hydroxyl groups is 1. The number of hydrogen-bond acceptors (Lipinski definition) is 4. The van der Waals surface area contributed by atoms with Crippen molar-refractivity contribution in [1.29, 1.82) is 0 Å². The second kappa shape index (κ2) is 4.45. The molecule has 0 saturated carbocycles. The fraction of sp³-hybridized carbons (Fsp3) is 0.286. The van der Waals surface area contributed by atoms with Crippen LogP contribution in [0.5, 0.6) is 0 Å². The van der Waals surface area contributed by atoms with E-state index in [9.17, 15) is 18.9 Å². The van der Waals surface area contributed by atoms with Crippen LogP contribution in [-0.2, 0) is 6.61 Å². The molecule has 1 N–H and O–H groups in total. The minimum atomic E-state index is -2.89. The Morgan fingerprint density at radius 3 is 2.67 bits per heavy atom. The summed E-state index contributed by atoms with van der Waals surface area (Å²) in [4.78, 5) is 12.8. The maximum Gasteiger partial charge on any atom is 0.311 e. The van der Waals surface area contributed by atoms with Gasteiger partial charge in [-0.15, -0.1) is 0 Å². The molecule has 0 bridgehead atoms. The predicted octanol–water partition coefficient (Wildman–Crippen LogP) is 2.07. The third-order valence-electron chi connectivity index (χ3n) is 1.59. The molecule has 0 saturated heterocycles. The van der Waals surface area contributed by atoms with Crippen molar-refractivity contribution in [2.45, 2.75) is 13.0 Å². The summed E-state index contributed by atoms with van der Waals surface area (Å²) < 4.78 is 24.4. The first-order chi connectivity index (χ1) is 6.97. The zero-order valence-electron chi connectivity index (χ0n) is 7.15. The summed E-state index contributed by atoms with van der Waals surface area (Å²) in [6.07, 6.45) is -2.89. The minimum Gasteiger partial charge on any atom is -0.390 e. The molecule has 15 heavy (non-hydrogen) atoms. The van der Waals surface area contributed by atoms with E-state index in [4.69, 9.17) is 16.7 Å². The largest absolute Gasteiger partial charge is 0.390 e. The van der Waals surface area contributed by atoms with Gasteiger partial charge in [-0.2, -0.15) is 0 Å². The fourth-order valence-electron chi connectivity index (χ4n) is 0.992. The van der Waals surface area contributed by atoms with Crippen LogP contribution in [0.4, 0.5) is 14.5 Å². The van der Waals surface area contributed by atoms with E-state index >= 15 is 0 Å². The summed E-state index contributed by atoms with van der Waals surface area (Å²) in [7, 11) is 0. The van der Waals surface area contributed by atoms with Crippen LogP contribution in [-0.4, -0.2) is 15.0 Å². The van der Waals surface area contributed by atoms with Crippen LogP contribution in [0.25, 0.3) is 0 Å². The van der Waals surface area contributed by atoms with Crippen molar-refractivity contribution < 1.29 is 18.8 Å². The van der Waals surface area contributed by atoms with Crippen LogP contribution in [0.2, 0.25) is 5.02 Å². The molecule has 0 spiro atoms. The Morgan fingerprint density at radius 2 is 2.27 bits per heavy atom.